The maximum atomic E-state index is 12.6. The fourth-order valence-electron chi connectivity index (χ4n) is 1.92. The van der Waals surface area contributed by atoms with Gasteiger partial charge in [0.15, 0.2) is 0 Å². The molecular weight excluding hydrogens is 279 g/mol. The average molecular weight is 293 g/mol. The quantitative estimate of drug-likeness (QED) is 0.912. The van der Waals surface area contributed by atoms with Gasteiger partial charge in [-0.3, -0.25) is 4.79 Å². The zero-order chi connectivity index (χ0) is 15.5. The molecule has 110 valence electrons. The van der Waals surface area contributed by atoms with E-state index in [9.17, 15) is 18.0 Å². The van der Waals surface area contributed by atoms with Crippen molar-refractivity contribution in [3.8, 4) is 0 Å². The zero-order valence-corrected chi connectivity index (χ0v) is 11.4. The molecular formula is C16H14F3NO. The summed E-state index contributed by atoms with van der Waals surface area (Å²) in [4.78, 5) is 11.9. The number of aryl methyl sites for hydroxylation is 1. The fraction of sp³-hybridized carbons (Fsp3) is 0.188. The van der Waals surface area contributed by atoms with Crippen LogP contribution in [0.25, 0.3) is 0 Å². The van der Waals surface area contributed by atoms with Gasteiger partial charge in [0.2, 0.25) is 0 Å². The number of rotatable bonds is 3. The molecule has 0 spiro atoms. The maximum Gasteiger partial charge on any atom is 0.416 e. The van der Waals surface area contributed by atoms with E-state index in [1.165, 1.54) is 12.1 Å². The third-order valence-corrected chi connectivity index (χ3v) is 3.15. The first-order chi connectivity index (χ1) is 9.88. The molecule has 2 nitrogen and oxygen atoms in total. The van der Waals surface area contributed by atoms with Crippen LogP contribution in [-0.2, 0) is 12.7 Å². The third kappa shape index (κ3) is 3.84. The van der Waals surface area contributed by atoms with Gasteiger partial charge in [0.05, 0.1) is 5.56 Å². The van der Waals surface area contributed by atoms with Crippen molar-refractivity contribution in [2.75, 3.05) is 0 Å². The lowest BCUT2D eigenvalue weighted by molar-refractivity contribution is -0.137. The highest BCUT2D eigenvalue weighted by Gasteiger charge is 2.30. The van der Waals surface area contributed by atoms with Crippen molar-refractivity contribution < 1.29 is 18.0 Å². The molecule has 0 saturated heterocycles. The van der Waals surface area contributed by atoms with Crippen molar-refractivity contribution in [3.63, 3.8) is 0 Å². The number of benzene rings is 2. The van der Waals surface area contributed by atoms with Gasteiger partial charge in [0.25, 0.3) is 5.91 Å². The molecule has 0 bridgehead atoms. The molecule has 0 radical (unpaired) electrons. The Balaban J connectivity index is 2.09. The van der Waals surface area contributed by atoms with Crippen molar-refractivity contribution in [1.29, 1.82) is 0 Å². The fourth-order valence-corrected chi connectivity index (χ4v) is 1.92. The van der Waals surface area contributed by atoms with Gasteiger partial charge in [-0.15, -0.1) is 0 Å². The Bertz CT molecular complexity index is 650. The number of carbonyl (C=O) groups is 1. The summed E-state index contributed by atoms with van der Waals surface area (Å²) < 4.78 is 37.8. The van der Waals surface area contributed by atoms with Crippen LogP contribution in [0.5, 0.6) is 0 Å². The molecule has 1 amide bonds. The predicted molar refractivity (Wildman–Crippen MR) is 73.8 cm³/mol. The van der Waals surface area contributed by atoms with Crippen LogP contribution in [0.2, 0.25) is 0 Å². The van der Waals surface area contributed by atoms with Gasteiger partial charge in [0.1, 0.15) is 0 Å². The molecule has 2 rings (SSSR count). The largest absolute Gasteiger partial charge is 0.416 e. The molecule has 0 aliphatic rings. The van der Waals surface area contributed by atoms with Crippen LogP contribution in [0.15, 0.2) is 48.5 Å². The number of halogens is 3. The first-order valence-corrected chi connectivity index (χ1v) is 6.38. The van der Waals surface area contributed by atoms with E-state index in [1.54, 1.807) is 0 Å². The van der Waals surface area contributed by atoms with Crippen LogP contribution in [0.1, 0.15) is 27.0 Å². The molecule has 2 aromatic carbocycles. The van der Waals surface area contributed by atoms with Crippen LogP contribution >= 0.6 is 0 Å². The second-order valence-corrected chi connectivity index (χ2v) is 4.69. The lowest BCUT2D eigenvalue weighted by Crippen LogP contribution is -2.23. The Hall–Kier alpha value is -2.30. The number of nitrogens with one attached hydrogen (secondary N) is 1. The smallest absolute Gasteiger partial charge is 0.348 e. The molecule has 0 atom stereocenters. The van der Waals surface area contributed by atoms with Crippen LogP contribution < -0.4 is 5.32 Å². The van der Waals surface area contributed by atoms with Crippen molar-refractivity contribution in [2.24, 2.45) is 0 Å². The predicted octanol–water partition coefficient (Wildman–Crippen LogP) is 3.94. The van der Waals surface area contributed by atoms with Crippen molar-refractivity contribution in [3.05, 3.63) is 70.8 Å². The van der Waals surface area contributed by atoms with Gasteiger partial charge in [-0.1, -0.05) is 30.3 Å². The van der Waals surface area contributed by atoms with Crippen molar-refractivity contribution in [2.45, 2.75) is 19.6 Å². The molecule has 0 unspecified atom stereocenters. The van der Waals surface area contributed by atoms with E-state index in [0.29, 0.717) is 0 Å². The normalized spacial score (nSPS) is 11.2. The lowest BCUT2D eigenvalue weighted by Gasteiger charge is -2.10. The van der Waals surface area contributed by atoms with E-state index < -0.39 is 17.6 Å². The first-order valence-electron chi connectivity index (χ1n) is 6.38. The summed E-state index contributed by atoms with van der Waals surface area (Å²) in [5.41, 5.74) is 1.11. The van der Waals surface area contributed by atoms with E-state index in [-0.39, 0.29) is 12.1 Å². The summed E-state index contributed by atoms with van der Waals surface area (Å²) in [6.07, 6.45) is -4.45. The number of carbonyl (C=O) groups excluding carboxylic acids is 1. The van der Waals surface area contributed by atoms with Gasteiger partial charge in [-0.2, -0.15) is 13.2 Å². The standard InChI is InChI=1S/C16H14F3NO/c1-11-5-2-3-6-13(11)10-20-15(21)12-7-4-8-14(9-12)16(17,18)19/h2-9H,10H2,1H3,(H,20,21). The Kier molecular flexibility index (Phi) is 4.31. The van der Waals surface area contributed by atoms with Crippen LogP contribution in [-0.4, -0.2) is 5.91 Å². The van der Waals surface area contributed by atoms with E-state index in [4.69, 9.17) is 0 Å². The Morgan fingerprint density at radius 3 is 2.48 bits per heavy atom. The molecule has 0 fully saturated rings. The second kappa shape index (κ2) is 5.99. The van der Waals surface area contributed by atoms with Gasteiger partial charge in [-0.05, 0) is 36.2 Å². The van der Waals surface area contributed by atoms with E-state index in [0.717, 1.165) is 23.3 Å². The number of amides is 1. The average Bonchev–Trinajstić information content (AvgIpc) is 2.45. The summed E-state index contributed by atoms with van der Waals surface area (Å²) in [7, 11) is 0. The monoisotopic (exact) mass is 293 g/mol. The molecule has 2 aromatic rings. The van der Waals surface area contributed by atoms with Gasteiger partial charge in [-0.25, -0.2) is 0 Å². The second-order valence-electron chi connectivity index (χ2n) is 4.69. The highest BCUT2D eigenvalue weighted by atomic mass is 19.4. The first kappa shape index (κ1) is 15.1. The number of hydrogen-bond donors (Lipinski definition) is 1. The van der Waals surface area contributed by atoms with Crippen LogP contribution in [0.3, 0.4) is 0 Å². The Labute approximate surface area is 120 Å². The lowest BCUT2D eigenvalue weighted by atomic mass is 10.1. The van der Waals surface area contributed by atoms with E-state index >= 15 is 0 Å². The molecule has 1 N–H and O–H groups in total. The molecule has 0 heterocycles. The van der Waals surface area contributed by atoms with E-state index in [1.807, 2.05) is 31.2 Å². The zero-order valence-electron chi connectivity index (χ0n) is 11.4. The van der Waals surface area contributed by atoms with Crippen LogP contribution in [0.4, 0.5) is 13.2 Å². The summed E-state index contributed by atoms with van der Waals surface area (Å²) in [6, 6.07) is 11.9. The molecule has 0 saturated carbocycles. The van der Waals surface area contributed by atoms with E-state index in [2.05, 4.69) is 5.32 Å². The summed E-state index contributed by atoms with van der Waals surface area (Å²) in [6.45, 7) is 2.19. The Morgan fingerprint density at radius 1 is 1.10 bits per heavy atom. The van der Waals surface area contributed by atoms with Gasteiger partial charge in [0, 0.05) is 12.1 Å². The number of alkyl halides is 3. The third-order valence-electron chi connectivity index (χ3n) is 3.15. The van der Waals surface area contributed by atoms with Crippen molar-refractivity contribution in [1.82, 2.24) is 5.32 Å². The summed E-state index contributed by atoms with van der Waals surface area (Å²) in [5, 5.41) is 2.63. The summed E-state index contributed by atoms with van der Waals surface area (Å²) in [5.74, 6) is -0.524. The highest BCUT2D eigenvalue weighted by molar-refractivity contribution is 5.94. The highest BCUT2D eigenvalue weighted by Crippen LogP contribution is 2.29. The van der Waals surface area contributed by atoms with Crippen molar-refractivity contribution >= 4 is 5.91 Å². The van der Waals surface area contributed by atoms with Gasteiger partial charge < -0.3 is 5.32 Å². The molecule has 0 aliphatic heterocycles. The maximum absolute atomic E-state index is 12.6. The Morgan fingerprint density at radius 2 is 1.81 bits per heavy atom. The topological polar surface area (TPSA) is 29.1 Å². The SMILES string of the molecule is Cc1ccccc1CNC(=O)c1cccc(C(F)(F)F)c1. The molecule has 0 aliphatic carbocycles. The van der Waals surface area contributed by atoms with Gasteiger partial charge >= 0.3 is 6.18 Å². The molecule has 21 heavy (non-hydrogen) atoms. The minimum atomic E-state index is -4.45. The minimum absolute atomic E-state index is 0.00147. The van der Waals surface area contributed by atoms with Crippen LogP contribution in [0, 0.1) is 6.92 Å². The molecule has 0 aromatic heterocycles. The minimum Gasteiger partial charge on any atom is -0.348 e. The summed E-state index contributed by atoms with van der Waals surface area (Å²) >= 11 is 0. The number of hydrogen-bond acceptors (Lipinski definition) is 1. The molecule has 5 heteroatoms.